The van der Waals surface area contributed by atoms with Gasteiger partial charge in [0.05, 0.1) is 0 Å². The third-order valence-electron chi connectivity index (χ3n) is 4.29. The monoisotopic (exact) mass is 277 g/mol. The van der Waals surface area contributed by atoms with Gasteiger partial charge in [0.1, 0.15) is 4.83 Å². The van der Waals surface area contributed by atoms with E-state index in [1.807, 2.05) is 11.3 Å². The molecule has 1 fully saturated rings. The zero-order valence-electron chi connectivity index (χ0n) is 11.7. The van der Waals surface area contributed by atoms with Gasteiger partial charge in [-0.15, -0.1) is 11.3 Å². The molecule has 0 aliphatic carbocycles. The fraction of sp³-hybridized carbons (Fsp3) is 0.625. The third-order valence-corrected chi connectivity index (χ3v) is 5.24. The van der Waals surface area contributed by atoms with Crippen molar-refractivity contribution in [2.75, 3.05) is 13.2 Å². The lowest BCUT2D eigenvalue weighted by Crippen LogP contribution is -2.13. The van der Waals surface area contributed by atoms with Crippen LogP contribution in [0.25, 0.3) is 10.2 Å². The summed E-state index contributed by atoms with van der Waals surface area (Å²) in [5.41, 5.74) is 1.41. The van der Waals surface area contributed by atoms with Crippen molar-refractivity contribution in [2.24, 2.45) is 5.92 Å². The first kappa shape index (κ1) is 13.2. The number of fused-ring (bicyclic) bond motifs is 1. The van der Waals surface area contributed by atoms with Gasteiger partial charge >= 0.3 is 0 Å². The fourth-order valence-electron chi connectivity index (χ4n) is 3.12. The third kappa shape index (κ3) is 3.03. The summed E-state index contributed by atoms with van der Waals surface area (Å²) in [4.78, 5) is 1.44. The zero-order chi connectivity index (χ0) is 13.1. The van der Waals surface area contributed by atoms with Gasteiger partial charge in [-0.05, 0) is 49.6 Å². The smallest absolute Gasteiger partial charge is 0.102 e. The van der Waals surface area contributed by atoms with E-state index in [0.29, 0.717) is 0 Å². The van der Waals surface area contributed by atoms with Gasteiger partial charge < -0.3 is 9.30 Å². The second-order valence-electron chi connectivity index (χ2n) is 5.67. The van der Waals surface area contributed by atoms with Crippen molar-refractivity contribution < 1.29 is 4.74 Å². The van der Waals surface area contributed by atoms with Crippen LogP contribution in [0.5, 0.6) is 0 Å². The van der Waals surface area contributed by atoms with Gasteiger partial charge in [0.2, 0.25) is 0 Å². The van der Waals surface area contributed by atoms with Gasteiger partial charge in [-0.3, -0.25) is 0 Å². The summed E-state index contributed by atoms with van der Waals surface area (Å²) in [5.74, 6) is 0.845. The molecule has 1 aliphatic heterocycles. The second-order valence-corrected chi connectivity index (χ2v) is 6.56. The molecule has 1 saturated heterocycles. The summed E-state index contributed by atoms with van der Waals surface area (Å²) >= 11 is 1.87. The predicted molar refractivity (Wildman–Crippen MR) is 81.9 cm³/mol. The Labute approximate surface area is 119 Å². The summed E-state index contributed by atoms with van der Waals surface area (Å²) in [6.07, 6.45) is 6.51. The number of ether oxygens (including phenoxy) is 1. The van der Waals surface area contributed by atoms with Crippen LogP contribution in [0.2, 0.25) is 0 Å². The number of hydrogen-bond donors (Lipinski definition) is 0. The Balaban J connectivity index is 1.64. The first-order chi connectivity index (χ1) is 9.34. The van der Waals surface area contributed by atoms with Crippen molar-refractivity contribution in [1.29, 1.82) is 0 Å². The largest absolute Gasteiger partial charge is 0.381 e. The highest BCUT2D eigenvalue weighted by Crippen LogP contribution is 2.27. The second kappa shape index (κ2) is 6.10. The van der Waals surface area contributed by atoms with Crippen LogP contribution >= 0.6 is 11.3 Å². The SMILES string of the molecule is Cc1cc2ccsc2n1CCC1CCCCOCC1. The topological polar surface area (TPSA) is 14.2 Å². The molecule has 2 aromatic heterocycles. The molecule has 2 aromatic rings. The molecule has 1 unspecified atom stereocenters. The molecule has 0 saturated carbocycles. The predicted octanol–water partition coefficient (Wildman–Crippen LogP) is 4.61. The Morgan fingerprint density at radius 2 is 2.26 bits per heavy atom. The Bertz CT molecular complexity index is 520. The number of thiophene rings is 1. The summed E-state index contributed by atoms with van der Waals surface area (Å²) in [6, 6.07) is 4.54. The molecule has 104 valence electrons. The molecule has 19 heavy (non-hydrogen) atoms. The van der Waals surface area contributed by atoms with Crippen LogP contribution in [0.15, 0.2) is 17.5 Å². The van der Waals surface area contributed by atoms with Gasteiger partial charge in [0.15, 0.2) is 0 Å². The molecule has 0 aromatic carbocycles. The first-order valence-electron chi connectivity index (χ1n) is 7.45. The van der Waals surface area contributed by atoms with Gasteiger partial charge in [-0.2, -0.15) is 0 Å². The quantitative estimate of drug-likeness (QED) is 0.799. The highest BCUT2D eigenvalue weighted by atomic mass is 32.1. The highest BCUT2D eigenvalue weighted by molar-refractivity contribution is 7.16. The van der Waals surface area contributed by atoms with E-state index in [-0.39, 0.29) is 0 Å². The number of nitrogens with zero attached hydrogens (tertiary/aromatic N) is 1. The number of hydrogen-bond acceptors (Lipinski definition) is 2. The normalized spacial score (nSPS) is 21.4. The van der Waals surface area contributed by atoms with Crippen molar-refractivity contribution in [3.63, 3.8) is 0 Å². The van der Waals surface area contributed by atoms with E-state index in [1.165, 1.54) is 54.6 Å². The molecular weight excluding hydrogens is 254 g/mol. The molecule has 0 N–H and O–H groups in total. The number of aromatic nitrogens is 1. The van der Waals surface area contributed by atoms with Crippen LogP contribution in [0.4, 0.5) is 0 Å². The van der Waals surface area contributed by atoms with E-state index >= 15 is 0 Å². The fourth-order valence-corrected chi connectivity index (χ4v) is 4.08. The molecule has 0 radical (unpaired) electrons. The number of aryl methyl sites for hydroxylation is 2. The van der Waals surface area contributed by atoms with E-state index in [9.17, 15) is 0 Å². The van der Waals surface area contributed by atoms with Crippen LogP contribution in [-0.2, 0) is 11.3 Å². The lowest BCUT2D eigenvalue weighted by molar-refractivity contribution is 0.0976. The Morgan fingerprint density at radius 3 is 3.21 bits per heavy atom. The molecule has 0 spiro atoms. The summed E-state index contributed by atoms with van der Waals surface area (Å²) in [7, 11) is 0. The molecule has 1 atom stereocenters. The molecular formula is C16H23NOS. The maximum atomic E-state index is 5.62. The average molecular weight is 277 g/mol. The maximum absolute atomic E-state index is 5.62. The summed E-state index contributed by atoms with van der Waals surface area (Å²) < 4.78 is 8.12. The lowest BCUT2D eigenvalue weighted by Gasteiger charge is -2.20. The van der Waals surface area contributed by atoms with E-state index in [2.05, 4.69) is 29.0 Å². The lowest BCUT2D eigenvalue weighted by atomic mass is 9.94. The van der Waals surface area contributed by atoms with Gasteiger partial charge in [0, 0.05) is 30.8 Å². The van der Waals surface area contributed by atoms with Gasteiger partial charge in [0.25, 0.3) is 0 Å². The minimum absolute atomic E-state index is 0.845. The molecule has 3 heterocycles. The molecule has 1 aliphatic rings. The van der Waals surface area contributed by atoms with Crippen molar-refractivity contribution >= 4 is 21.6 Å². The minimum Gasteiger partial charge on any atom is -0.381 e. The maximum Gasteiger partial charge on any atom is 0.102 e. The van der Waals surface area contributed by atoms with E-state index in [4.69, 9.17) is 4.74 Å². The van der Waals surface area contributed by atoms with Crippen molar-refractivity contribution in [1.82, 2.24) is 4.57 Å². The summed E-state index contributed by atoms with van der Waals surface area (Å²) in [6.45, 7) is 5.33. The van der Waals surface area contributed by atoms with E-state index in [0.717, 1.165) is 19.1 Å². The molecule has 0 amide bonds. The minimum atomic E-state index is 0.845. The van der Waals surface area contributed by atoms with E-state index in [1.54, 1.807) is 0 Å². The van der Waals surface area contributed by atoms with Crippen LogP contribution in [0, 0.1) is 12.8 Å². The Hall–Kier alpha value is -0.800. The average Bonchev–Trinajstić information content (AvgIpc) is 2.89. The van der Waals surface area contributed by atoms with Crippen molar-refractivity contribution in [3.8, 4) is 0 Å². The van der Waals surface area contributed by atoms with E-state index < -0.39 is 0 Å². The first-order valence-corrected chi connectivity index (χ1v) is 8.33. The van der Waals surface area contributed by atoms with Crippen molar-refractivity contribution in [2.45, 2.75) is 45.6 Å². The molecule has 3 rings (SSSR count). The molecule has 3 heteroatoms. The van der Waals surface area contributed by atoms with Crippen LogP contribution in [0.1, 0.15) is 37.8 Å². The zero-order valence-corrected chi connectivity index (χ0v) is 12.5. The van der Waals surface area contributed by atoms with Crippen LogP contribution < -0.4 is 0 Å². The van der Waals surface area contributed by atoms with Crippen LogP contribution in [0.3, 0.4) is 0 Å². The van der Waals surface area contributed by atoms with Gasteiger partial charge in [-0.1, -0.05) is 12.8 Å². The Kier molecular flexibility index (Phi) is 4.24. The number of rotatable bonds is 3. The standard InChI is InChI=1S/C16H23NOS/c1-13-12-15-7-11-19-16(15)17(13)8-5-14-4-2-3-9-18-10-6-14/h7,11-12,14H,2-6,8-10H2,1H3. The molecule has 2 nitrogen and oxygen atoms in total. The Morgan fingerprint density at radius 1 is 1.32 bits per heavy atom. The molecule has 0 bridgehead atoms. The summed E-state index contributed by atoms with van der Waals surface area (Å²) in [5, 5.41) is 3.60. The van der Waals surface area contributed by atoms with Gasteiger partial charge in [-0.25, -0.2) is 0 Å². The van der Waals surface area contributed by atoms with Crippen molar-refractivity contribution in [3.05, 3.63) is 23.2 Å². The highest BCUT2D eigenvalue weighted by Gasteiger charge is 2.13. The van der Waals surface area contributed by atoms with Crippen LogP contribution in [-0.4, -0.2) is 17.8 Å².